The first-order valence-corrected chi connectivity index (χ1v) is 6.24. The minimum Gasteiger partial charge on any atom is -0.494 e. The molecule has 0 aromatic heterocycles. The number of ether oxygens (including phenoxy) is 1. The third-order valence-electron chi connectivity index (χ3n) is 2.79. The summed E-state index contributed by atoms with van der Waals surface area (Å²) >= 11 is 0. The zero-order valence-electron chi connectivity index (χ0n) is 11.3. The van der Waals surface area contributed by atoms with Gasteiger partial charge >= 0.3 is 0 Å². The van der Waals surface area contributed by atoms with Crippen LogP contribution in [0.5, 0.6) is 5.75 Å². The van der Waals surface area contributed by atoms with Crippen LogP contribution in [0.25, 0.3) is 0 Å². The minimum absolute atomic E-state index is 0.0876. The molecule has 0 fully saturated rings. The summed E-state index contributed by atoms with van der Waals surface area (Å²) in [6.45, 7) is 3.08. The van der Waals surface area contributed by atoms with Gasteiger partial charge in [-0.2, -0.15) is 0 Å². The van der Waals surface area contributed by atoms with Gasteiger partial charge in [-0.3, -0.25) is 4.79 Å². The fourth-order valence-corrected chi connectivity index (χ4v) is 1.87. The summed E-state index contributed by atoms with van der Waals surface area (Å²) in [7, 11) is 3.53. The molecule has 0 bridgehead atoms. The summed E-state index contributed by atoms with van der Waals surface area (Å²) in [6.07, 6.45) is 0.658. The molecule has 18 heavy (non-hydrogen) atoms. The first-order valence-electron chi connectivity index (χ1n) is 6.24. The van der Waals surface area contributed by atoms with Crippen LogP contribution in [0.15, 0.2) is 24.3 Å². The lowest BCUT2D eigenvalue weighted by Crippen LogP contribution is -2.29. The molecule has 0 heterocycles. The Bertz CT molecular complexity index is 374. The maximum absolute atomic E-state index is 12.1. The summed E-state index contributed by atoms with van der Waals surface area (Å²) < 4.78 is 5.39. The van der Waals surface area contributed by atoms with Crippen molar-refractivity contribution in [3.8, 4) is 5.75 Å². The van der Waals surface area contributed by atoms with E-state index in [0.717, 1.165) is 11.3 Å². The lowest BCUT2D eigenvalue weighted by molar-refractivity contribution is -0.130. The first kappa shape index (κ1) is 14.5. The summed E-state index contributed by atoms with van der Waals surface area (Å²) in [5, 5.41) is 0. The van der Waals surface area contributed by atoms with E-state index in [2.05, 4.69) is 0 Å². The molecule has 100 valence electrons. The summed E-state index contributed by atoms with van der Waals surface area (Å²) in [5.41, 5.74) is 6.58. The molecule has 4 nitrogen and oxygen atoms in total. The van der Waals surface area contributed by atoms with Gasteiger partial charge in [0.25, 0.3) is 0 Å². The monoisotopic (exact) mass is 250 g/mol. The molecule has 4 heteroatoms. The average molecular weight is 250 g/mol. The zero-order chi connectivity index (χ0) is 13.5. The Morgan fingerprint density at radius 1 is 1.33 bits per heavy atom. The van der Waals surface area contributed by atoms with Crippen molar-refractivity contribution in [2.75, 3.05) is 27.2 Å². The molecule has 0 spiro atoms. The Kier molecular flexibility index (Phi) is 5.65. The van der Waals surface area contributed by atoms with E-state index in [9.17, 15) is 4.79 Å². The Hall–Kier alpha value is -1.55. The standard InChI is InChI=1S/C14H22N2O2/c1-4-18-12-7-5-11(6-8-12)13(9-10-15)14(17)16(2)3/h5-8,13H,4,9-10,15H2,1-3H3. The SMILES string of the molecule is CCOc1ccc(C(CCN)C(=O)N(C)C)cc1. The second kappa shape index (κ2) is 7.01. The van der Waals surface area contributed by atoms with Crippen LogP contribution in [-0.4, -0.2) is 38.1 Å². The van der Waals surface area contributed by atoms with Gasteiger partial charge < -0.3 is 15.4 Å². The van der Waals surface area contributed by atoms with Crippen molar-refractivity contribution < 1.29 is 9.53 Å². The molecule has 0 saturated heterocycles. The van der Waals surface area contributed by atoms with Crippen LogP contribution in [-0.2, 0) is 4.79 Å². The molecule has 1 aromatic rings. The largest absolute Gasteiger partial charge is 0.494 e. The van der Waals surface area contributed by atoms with E-state index in [1.165, 1.54) is 0 Å². The van der Waals surface area contributed by atoms with Crippen molar-refractivity contribution in [1.29, 1.82) is 0 Å². The maximum Gasteiger partial charge on any atom is 0.229 e. The van der Waals surface area contributed by atoms with Gasteiger partial charge in [-0.1, -0.05) is 12.1 Å². The van der Waals surface area contributed by atoms with Crippen molar-refractivity contribution in [3.05, 3.63) is 29.8 Å². The zero-order valence-corrected chi connectivity index (χ0v) is 11.3. The smallest absolute Gasteiger partial charge is 0.229 e. The molecule has 2 N–H and O–H groups in total. The van der Waals surface area contributed by atoms with Crippen LogP contribution >= 0.6 is 0 Å². The summed E-state index contributed by atoms with van der Waals surface area (Å²) in [6, 6.07) is 7.66. The predicted molar refractivity (Wildman–Crippen MR) is 72.7 cm³/mol. The number of carbonyl (C=O) groups excluding carboxylic acids is 1. The number of amides is 1. The van der Waals surface area contributed by atoms with Crippen LogP contribution in [0.2, 0.25) is 0 Å². The predicted octanol–water partition coefficient (Wildman–Crippen LogP) is 1.61. The van der Waals surface area contributed by atoms with E-state index in [0.29, 0.717) is 19.6 Å². The number of benzene rings is 1. The van der Waals surface area contributed by atoms with Crippen LogP contribution < -0.4 is 10.5 Å². The molecule has 0 saturated carbocycles. The molecule has 0 radical (unpaired) electrons. The van der Waals surface area contributed by atoms with Gasteiger partial charge in [0.1, 0.15) is 5.75 Å². The fraction of sp³-hybridized carbons (Fsp3) is 0.500. The third-order valence-corrected chi connectivity index (χ3v) is 2.79. The highest BCUT2D eigenvalue weighted by atomic mass is 16.5. The quantitative estimate of drug-likeness (QED) is 0.834. The second-order valence-electron chi connectivity index (χ2n) is 4.36. The number of hydrogen-bond acceptors (Lipinski definition) is 3. The molecule has 1 rings (SSSR count). The van der Waals surface area contributed by atoms with Gasteiger partial charge in [-0.15, -0.1) is 0 Å². The average Bonchev–Trinajstić information content (AvgIpc) is 2.36. The summed E-state index contributed by atoms with van der Waals surface area (Å²) in [4.78, 5) is 13.7. The first-order chi connectivity index (χ1) is 8.60. The second-order valence-corrected chi connectivity index (χ2v) is 4.36. The number of carbonyl (C=O) groups is 1. The highest BCUT2D eigenvalue weighted by Gasteiger charge is 2.21. The molecule has 0 aliphatic rings. The number of hydrogen-bond donors (Lipinski definition) is 1. The number of nitrogens with zero attached hydrogens (tertiary/aromatic N) is 1. The molecule has 1 atom stereocenters. The van der Waals surface area contributed by atoms with Crippen molar-refractivity contribution in [2.24, 2.45) is 5.73 Å². The van der Waals surface area contributed by atoms with Crippen molar-refractivity contribution >= 4 is 5.91 Å². The number of nitrogens with two attached hydrogens (primary N) is 1. The number of likely N-dealkylation sites (N-methyl/N-ethyl adjacent to an activating group) is 1. The Morgan fingerprint density at radius 2 is 1.94 bits per heavy atom. The van der Waals surface area contributed by atoms with E-state index >= 15 is 0 Å². The van der Waals surface area contributed by atoms with Gasteiger partial charge in [-0.25, -0.2) is 0 Å². The van der Waals surface area contributed by atoms with Gasteiger partial charge in [-0.05, 0) is 37.6 Å². The van der Waals surface area contributed by atoms with Gasteiger partial charge in [0.2, 0.25) is 5.91 Å². The van der Waals surface area contributed by atoms with Crippen LogP contribution in [0, 0.1) is 0 Å². The molecule has 1 aromatic carbocycles. The highest BCUT2D eigenvalue weighted by molar-refractivity contribution is 5.83. The maximum atomic E-state index is 12.1. The van der Waals surface area contributed by atoms with Crippen molar-refractivity contribution in [3.63, 3.8) is 0 Å². The van der Waals surface area contributed by atoms with Gasteiger partial charge in [0.15, 0.2) is 0 Å². The molecule has 0 aliphatic heterocycles. The fourth-order valence-electron chi connectivity index (χ4n) is 1.87. The summed E-state index contributed by atoms with van der Waals surface area (Å²) in [5.74, 6) is 0.746. The molecule has 1 unspecified atom stereocenters. The Morgan fingerprint density at radius 3 is 2.39 bits per heavy atom. The van der Waals surface area contributed by atoms with Gasteiger partial charge in [0.05, 0.1) is 12.5 Å². The highest BCUT2D eigenvalue weighted by Crippen LogP contribution is 2.23. The van der Waals surface area contributed by atoms with Crippen LogP contribution in [0.1, 0.15) is 24.8 Å². The Balaban J connectivity index is 2.88. The third kappa shape index (κ3) is 3.74. The van der Waals surface area contributed by atoms with Crippen molar-refractivity contribution in [1.82, 2.24) is 4.90 Å². The minimum atomic E-state index is -0.166. The normalized spacial score (nSPS) is 12.0. The van der Waals surface area contributed by atoms with E-state index in [1.807, 2.05) is 31.2 Å². The molecule has 1 amide bonds. The van der Waals surface area contributed by atoms with E-state index in [4.69, 9.17) is 10.5 Å². The molecule has 0 aliphatic carbocycles. The van der Waals surface area contributed by atoms with Crippen molar-refractivity contribution in [2.45, 2.75) is 19.3 Å². The van der Waals surface area contributed by atoms with E-state index in [-0.39, 0.29) is 11.8 Å². The molecular weight excluding hydrogens is 228 g/mol. The molecular formula is C14H22N2O2. The van der Waals surface area contributed by atoms with Crippen LogP contribution in [0.4, 0.5) is 0 Å². The van der Waals surface area contributed by atoms with Crippen LogP contribution in [0.3, 0.4) is 0 Å². The van der Waals surface area contributed by atoms with E-state index < -0.39 is 0 Å². The Labute approximate surface area is 109 Å². The lowest BCUT2D eigenvalue weighted by Gasteiger charge is -2.20. The topological polar surface area (TPSA) is 55.6 Å². The van der Waals surface area contributed by atoms with E-state index in [1.54, 1.807) is 19.0 Å². The number of rotatable bonds is 6. The van der Waals surface area contributed by atoms with Gasteiger partial charge in [0, 0.05) is 14.1 Å². The lowest BCUT2D eigenvalue weighted by atomic mass is 9.94.